The number of nitrogens with two attached hydrogens (primary N) is 2. The van der Waals surface area contributed by atoms with Crippen LogP contribution in [-0.2, 0) is 19.2 Å². The van der Waals surface area contributed by atoms with Gasteiger partial charge < -0.3 is 32.1 Å². The predicted octanol–water partition coefficient (Wildman–Crippen LogP) is 0.580. The Hall–Kier alpha value is -2.20. The SMILES string of the molecule is CCC(C)C(NC(=O)C(NC(=O)C1CCCN1C(=O)C(N)CCCCN)C(C)CC)C(=O)O. The smallest absolute Gasteiger partial charge is 0.326 e. The lowest BCUT2D eigenvalue weighted by Gasteiger charge is -2.31. The van der Waals surface area contributed by atoms with Crippen LogP contribution in [0.2, 0.25) is 0 Å². The standard InChI is InChI=1S/C23H43N5O5/c1-5-14(3)18(21(30)27-19(23(32)33)15(4)6-2)26-20(29)17-11-9-13-28(17)22(31)16(25)10-7-8-12-24/h14-19H,5-13,24-25H2,1-4H3,(H,26,29)(H,27,30)(H,32,33). The van der Waals surface area contributed by atoms with Crippen molar-refractivity contribution in [3.63, 3.8) is 0 Å². The van der Waals surface area contributed by atoms with Gasteiger partial charge in [0.15, 0.2) is 0 Å². The van der Waals surface area contributed by atoms with Crippen molar-refractivity contribution in [2.45, 2.75) is 96.8 Å². The third kappa shape index (κ3) is 8.26. The van der Waals surface area contributed by atoms with Crippen LogP contribution in [0.1, 0.15) is 72.6 Å². The lowest BCUT2D eigenvalue weighted by atomic mass is 9.95. The summed E-state index contributed by atoms with van der Waals surface area (Å²) in [6.45, 7) is 8.31. The Morgan fingerprint density at radius 3 is 2.18 bits per heavy atom. The maximum Gasteiger partial charge on any atom is 0.326 e. The maximum atomic E-state index is 13.1. The van der Waals surface area contributed by atoms with Gasteiger partial charge in [-0.15, -0.1) is 0 Å². The zero-order valence-corrected chi connectivity index (χ0v) is 20.5. The lowest BCUT2D eigenvalue weighted by Crippen LogP contribution is -2.58. The number of carbonyl (C=O) groups excluding carboxylic acids is 3. The minimum absolute atomic E-state index is 0.218. The van der Waals surface area contributed by atoms with Crippen molar-refractivity contribution in [3.8, 4) is 0 Å². The fourth-order valence-electron chi connectivity index (χ4n) is 4.03. The summed E-state index contributed by atoms with van der Waals surface area (Å²) >= 11 is 0. The Morgan fingerprint density at radius 2 is 1.64 bits per heavy atom. The number of amides is 3. The molecule has 1 fully saturated rings. The molecule has 0 aromatic heterocycles. The molecular weight excluding hydrogens is 426 g/mol. The van der Waals surface area contributed by atoms with Crippen LogP contribution in [0.25, 0.3) is 0 Å². The van der Waals surface area contributed by atoms with E-state index in [1.165, 1.54) is 4.90 Å². The molecule has 7 N–H and O–H groups in total. The van der Waals surface area contributed by atoms with Crippen molar-refractivity contribution in [1.82, 2.24) is 15.5 Å². The number of unbranched alkanes of at least 4 members (excludes halogenated alkanes) is 1. The highest BCUT2D eigenvalue weighted by atomic mass is 16.4. The summed E-state index contributed by atoms with van der Waals surface area (Å²) < 4.78 is 0. The molecule has 0 spiro atoms. The first kappa shape index (κ1) is 28.8. The molecule has 10 nitrogen and oxygen atoms in total. The molecule has 190 valence electrons. The van der Waals surface area contributed by atoms with E-state index < -0.39 is 42.0 Å². The molecule has 1 aliphatic rings. The number of carbonyl (C=O) groups is 4. The Balaban J connectivity index is 2.91. The van der Waals surface area contributed by atoms with Crippen LogP contribution < -0.4 is 22.1 Å². The van der Waals surface area contributed by atoms with Crippen LogP contribution in [0.5, 0.6) is 0 Å². The molecule has 0 radical (unpaired) electrons. The Morgan fingerprint density at radius 1 is 1.03 bits per heavy atom. The molecule has 6 unspecified atom stereocenters. The second kappa shape index (κ2) is 14.1. The van der Waals surface area contributed by atoms with E-state index in [0.717, 1.165) is 12.8 Å². The minimum Gasteiger partial charge on any atom is -0.480 e. The number of nitrogens with one attached hydrogen (secondary N) is 2. The van der Waals surface area contributed by atoms with Crippen LogP contribution in [0.3, 0.4) is 0 Å². The monoisotopic (exact) mass is 469 g/mol. The maximum absolute atomic E-state index is 13.1. The van der Waals surface area contributed by atoms with E-state index >= 15 is 0 Å². The molecule has 6 atom stereocenters. The van der Waals surface area contributed by atoms with Gasteiger partial charge in [0.2, 0.25) is 17.7 Å². The minimum atomic E-state index is -1.11. The Kier molecular flexibility index (Phi) is 12.4. The topological polar surface area (TPSA) is 168 Å². The summed E-state index contributed by atoms with van der Waals surface area (Å²) in [5.41, 5.74) is 11.6. The number of carboxylic acids is 1. The van der Waals surface area contributed by atoms with Gasteiger partial charge in [-0.25, -0.2) is 4.79 Å². The quantitative estimate of drug-likeness (QED) is 0.232. The second-order valence-corrected chi connectivity index (χ2v) is 9.16. The average molecular weight is 470 g/mol. The fraction of sp³-hybridized carbons (Fsp3) is 0.826. The van der Waals surface area contributed by atoms with Crippen LogP contribution in [0.15, 0.2) is 0 Å². The molecular formula is C23H43N5O5. The summed E-state index contributed by atoms with van der Waals surface area (Å²) in [5, 5.41) is 14.9. The number of hydrogen-bond donors (Lipinski definition) is 5. The van der Waals surface area contributed by atoms with Gasteiger partial charge in [-0.2, -0.15) is 0 Å². The van der Waals surface area contributed by atoms with Gasteiger partial charge in [0, 0.05) is 6.54 Å². The molecule has 10 heteroatoms. The summed E-state index contributed by atoms with van der Waals surface area (Å²) in [5.74, 6) is -2.79. The molecule has 0 aliphatic carbocycles. The molecule has 1 saturated heterocycles. The van der Waals surface area contributed by atoms with Crippen molar-refractivity contribution in [2.75, 3.05) is 13.1 Å². The predicted molar refractivity (Wildman–Crippen MR) is 126 cm³/mol. The molecule has 0 bridgehead atoms. The number of rotatable bonds is 14. The van der Waals surface area contributed by atoms with Gasteiger partial charge in [0.1, 0.15) is 18.1 Å². The first-order valence-corrected chi connectivity index (χ1v) is 12.2. The van der Waals surface area contributed by atoms with E-state index in [-0.39, 0.29) is 17.7 Å². The van der Waals surface area contributed by atoms with Crippen molar-refractivity contribution in [3.05, 3.63) is 0 Å². The third-order valence-electron chi connectivity index (χ3n) is 6.69. The largest absolute Gasteiger partial charge is 0.480 e. The van der Waals surface area contributed by atoms with Crippen LogP contribution >= 0.6 is 0 Å². The van der Waals surface area contributed by atoms with E-state index in [1.807, 2.05) is 20.8 Å². The number of aliphatic carboxylic acids is 1. The highest BCUT2D eigenvalue weighted by Gasteiger charge is 2.39. The van der Waals surface area contributed by atoms with Crippen LogP contribution in [0, 0.1) is 11.8 Å². The molecule has 33 heavy (non-hydrogen) atoms. The van der Waals surface area contributed by atoms with Gasteiger partial charge in [0.25, 0.3) is 0 Å². The van der Waals surface area contributed by atoms with Crippen molar-refractivity contribution >= 4 is 23.7 Å². The van der Waals surface area contributed by atoms with Crippen LogP contribution in [0.4, 0.5) is 0 Å². The van der Waals surface area contributed by atoms with E-state index in [0.29, 0.717) is 45.2 Å². The van der Waals surface area contributed by atoms with Gasteiger partial charge in [-0.3, -0.25) is 14.4 Å². The highest BCUT2D eigenvalue weighted by Crippen LogP contribution is 2.20. The van der Waals surface area contributed by atoms with Gasteiger partial charge >= 0.3 is 5.97 Å². The van der Waals surface area contributed by atoms with Crippen molar-refractivity contribution in [2.24, 2.45) is 23.3 Å². The lowest BCUT2D eigenvalue weighted by molar-refractivity contribution is -0.144. The van der Waals surface area contributed by atoms with E-state index in [4.69, 9.17) is 11.5 Å². The fourth-order valence-corrected chi connectivity index (χ4v) is 4.03. The number of hydrogen-bond acceptors (Lipinski definition) is 6. The normalized spacial score (nSPS) is 20.4. The molecule has 0 aromatic rings. The number of likely N-dealkylation sites (tertiary alicyclic amines) is 1. The summed E-state index contributed by atoms with van der Waals surface area (Å²) in [6, 6.07) is -3.32. The first-order chi connectivity index (χ1) is 15.6. The second-order valence-electron chi connectivity index (χ2n) is 9.16. The van der Waals surface area contributed by atoms with Gasteiger partial charge in [-0.05, 0) is 44.1 Å². The van der Waals surface area contributed by atoms with Gasteiger partial charge in [-0.1, -0.05) is 47.0 Å². The molecule has 0 aromatic carbocycles. The van der Waals surface area contributed by atoms with E-state index in [9.17, 15) is 24.3 Å². The van der Waals surface area contributed by atoms with Crippen LogP contribution in [-0.4, -0.2) is 71.0 Å². The summed E-state index contributed by atoms with van der Waals surface area (Å²) in [7, 11) is 0. The first-order valence-electron chi connectivity index (χ1n) is 12.2. The number of nitrogens with zero attached hydrogens (tertiary/aromatic N) is 1. The molecule has 1 aliphatic heterocycles. The Labute approximate surface area is 197 Å². The van der Waals surface area contributed by atoms with Crippen molar-refractivity contribution < 1.29 is 24.3 Å². The molecule has 0 saturated carbocycles. The highest BCUT2D eigenvalue weighted by molar-refractivity contribution is 5.94. The zero-order chi connectivity index (χ0) is 25.1. The third-order valence-corrected chi connectivity index (χ3v) is 6.69. The Bertz CT molecular complexity index is 674. The molecule has 1 heterocycles. The summed E-state index contributed by atoms with van der Waals surface area (Å²) in [4.78, 5) is 52.1. The van der Waals surface area contributed by atoms with Gasteiger partial charge in [0.05, 0.1) is 6.04 Å². The molecule has 1 rings (SSSR count). The average Bonchev–Trinajstić information content (AvgIpc) is 3.29. The van der Waals surface area contributed by atoms with E-state index in [1.54, 1.807) is 6.92 Å². The number of carboxylic acid groups (broad SMARTS) is 1. The van der Waals surface area contributed by atoms with Crippen molar-refractivity contribution in [1.29, 1.82) is 0 Å². The molecule has 3 amide bonds. The van der Waals surface area contributed by atoms with E-state index in [2.05, 4.69) is 10.6 Å². The summed E-state index contributed by atoms with van der Waals surface area (Å²) in [6.07, 6.45) is 4.39. The zero-order valence-electron chi connectivity index (χ0n) is 20.5.